The van der Waals surface area contributed by atoms with Crippen LogP contribution in [-0.4, -0.2) is 54.5 Å². The Morgan fingerprint density at radius 3 is 3.08 bits per heavy atom. The number of nitrogens with one attached hydrogen (secondary N) is 1. The molecule has 2 amide bonds. The highest BCUT2D eigenvalue weighted by atomic mass is 32.1. The molecule has 1 fully saturated rings. The van der Waals surface area contributed by atoms with Crippen molar-refractivity contribution in [3.8, 4) is 10.9 Å². The van der Waals surface area contributed by atoms with Crippen LogP contribution in [0.3, 0.4) is 0 Å². The van der Waals surface area contributed by atoms with E-state index in [1.807, 2.05) is 5.38 Å². The van der Waals surface area contributed by atoms with Gasteiger partial charge in [0.05, 0.1) is 20.2 Å². The number of hydrogen-bond donors (Lipinski definition) is 1. The number of carbonyl (C=O) groups is 2. The topological polar surface area (TPSA) is 80.8 Å². The minimum atomic E-state index is -0.304. The maximum Gasteiger partial charge on any atom is 0.273 e. The second-order valence-electron chi connectivity index (χ2n) is 5.58. The fourth-order valence-electron chi connectivity index (χ4n) is 2.60. The number of ether oxygens (including phenoxy) is 2. The molecule has 1 aliphatic heterocycles. The second kappa shape index (κ2) is 7.98. The molecule has 1 unspecified atom stereocenters. The molecular formula is C17H19N3O4S. The predicted molar refractivity (Wildman–Crippen MR) is 93.1 cm³/mol. The Morgan fingerprint density at radius 2 is 2.32 bits per heavy atom. The van der Waals surface area contributed by atoms with Gasteiger partial charge in [0.1, 0.15) is 11.9 Å². The molecule has 2 aromatic rings. The van der Waals surface area contributed by atoms with Crippen molar-refractivity contribution in [1.29, 1.82) is 0 Å². The summed E-state index contributed by atoms with van der Waals surface area (Å²) in [6, 6.07) is 6.80. The van der Waals surface area contributed by atoms with Gasteiger partial charge in [-0.3, -0.25) is 9.59 Å². The zero-order chi connectivity index (χ0) is 17.6. The van der Waals surface area contributed by atoms with Gasteiger partial charge in [-0.15, -0.1) is 0 Å². The van der Waals surface area contributed by atoms with E-state index in [4.69, 9.17) is 9.47 Å². The third-order valence-electron chi connectivity index (χ3n) is 3.91. The Labute approximate surface area is 149 Å². The minimum Gasteiger partial charge on any atom is -0.497 e. The molecule has 1 atom stereocenters. The summed E-state index contributed by atoms with van der Waals surface area (Å²) in [5.41, 5.74) is 0.457. The Kier molecular flexibility index (Phi) is 5.49. The van der Waals surface area contributed by atoms with Crippen molar-refractivity contribution in [3.05, 3.63) is 41.4 Å². The largest absolute Gasteiger partial charge is 0.497 e. The zero-order valence-corrected chi connectivity index (χ0v) is 14.6. The van der Waals surface area contributed by atoms with Crippen LogP contribution in [0.5, 0.6) is 10.9 Å². The summed E-state index contributed by atoms with van der Waals surface area (Å²) in [5, 5.41) is 5.12. The lowest BCUT2D eigenvalue weighted by Crippen LogP contribution is -2.39. The van der Waals surface area contributed by atoms with Crippen LogP contribution >= 0.6 is 11.3 Å². The number of thiazole rings is 1. The van der Waals surface area contributed by atoms with Crippen LogP contribution in [0.2, 0.25) is 0 Å². The number of likely N-dealkylation sites (tertiary alicyclic amines) is 1. The number of carbonyl (C=O) groups excluding carboxylic acids is 2. The normalized spacial score (nSPS) is 16.5. The van der Waals surface area contributed by atoms with Crippen molar-refractivity contribution in [3.63, 3.8) is 0 Å². The molecule has 132 valence electrons. The SMILES string of the molecule is COc1cccc(C(=O)NCC(=O)N2CCC(Oc3nccs3)C2)c1. The number of nitrogens with zero attached hydrogens (tertiary/aromatic N) is 2. The lowest BCUT2D eigenvalue weighted by molar-refractivity contribution is -0.129. The summed E-state index contributed by atoms with van der Waals surface area (Å²) < 4.78 is 10.8. The van der Waals surface area contributed by atoms with Gasteiger partial charge in [0, 0.05) is 30.1 Å². The standard InChI is InChI=1S/C17H19N3O4S/c1-23-13-4-2-3-12(9-13)16(22)19-10-15(21)20-7-5-14(11-20)24-17-18-6-8-25-17/h2-4,6,8-9,14H,5,7,10-11H2,1H3,(H,19,22). The monoisotopic (exact) mass is 361 g/mol. The van der Waals surface area contributed by atoms with Crippen LogP contribution in [0.4, 0.5) is 0 Å². The summed E-state index contributed by atoms with van der Waals surface area (Å²) in [6.45, 7) is 1.08. The van der Waals surface area contributed by atoms with Gasteiger partial charge in [-0.2, -0.15) is 0 Å². The van der Waals surface area contributed by atoms with E-state index >= 15 is 0 Å². The highest BCUT2D eigenvalue weighted by Gasteiger charge is 2.28. The lowest BCUT2D eigenvalue weighted by atomic mass is 10.2. The molecule has 0 bridgehead atoms. The summed E-state index contributed by atoms with van der Waals surface area (Å²) in [4.78, 5) is 30.2. The second-order valence-corrected chi connectivity index (χ2v) is 6.44. The van der Waals surface area contributed by atoms with E-state index in [9.17, 15) is 9.59 Å². The summed E-state index contributed by atoms with van der Waals surface area (Å²) >= 11 is 1.43. The number of rotatable bonds is 6. The summed E-state index contributed by atoms with van der Waals surface area (Å²) in [6.07, 6.45) is 2.39. The summed E-state index contributed by atoms with van der Waals surface area (Å²) in [7, 11) is 1.54. The third kappa shape index (κ3) is 4.48. The summed E-state index contributed by atoms with van der Waals surface area (Å²) in [5.74, 6) is 0.171. The molecule has 1 N–H and O–H groups in total. The van der Waals surface area contributed by atoms with E-state index in [-0.39, 0.29) is 24.5 Å². The number of aromatic nitrogens is 1. The molecule has 0 spiro atoms. The van der Waals surface area contributed by atoms with E-state index in [1.165, 1.54) is 18.4 Å². The highest BCUT2D eigenvalue weighted by molar-refractivity contribution is 7.11. The molecular weight excluding hydrogens is 342 g/mol. The van der Waals surface area contributed by atoms with Crippen LogP contribution in [0.15, 0.2) is 35.8 Å². The first-order valence-electron chi connectivity index (χ1n) is 7.92. The van der Waals surface area contributed by atoms with Gasteiger partial charge in [-0.1, -0.05) is 17.4 Å². The third-order valence-corrected chi connectivity index (χ3v) is 4.57. The first-order chi connectivity index (χ1) is 12.2. The smallest absolute Gasteiger partial charge is 0.273 e. The van der Waals surface area contributed by atoms with E-state index in [1.54, 1.807) is 35.4 Å². The molecule has 1 aromatic carbocycles. The van der Waals surface area contributed by atoms with Crippen molar-refractivity contribution < 1.29 is 19.1 Å². The van der Waals surface area contributed by atoms with Gasteiger partial charge >= 0.3 is 0 Å². The van der Waals surface area contributed by atoms with Gasteiger partial charge < -0.3 is 19.7 Å². The number of hydrogen-bond acceptors (Lipinski definition) is 6. The van der Waals surface area contributed by atoms with Crippen LogP contribution in [0, 0.1) is 0 Å². The molecule has 0 aliphatic carbocycles. The Bertz CT molecular complexity index is 735. The van der Waals surface area contributed by atoms with E-state index < -0.39 is 0 Å². The fourth-order valence-corrected chi connectivity index (χ4v) is 3.15. The molecule has 0 radical (unpaired) electrons. The highest BCUT2D eigenvalue weighted by Crippen LogP contribution is 2.20. The average Bonchev–Trinajstić information content (AvgIpc) is 3.32. The number of methoxy groups -OCH3 is 1. The first kappa shape index (κ1) is 17.2. The van der Waals surface area contributed by atoms with Crippen molar-refractivity contribution in [2.45, 2.75) is 12.5 Å². The molecule has 1 aliphatic rings. The van der Waals surface area contributed by atoms with Crippen LogP contribution in [0.25, 0.3) is 0 Å². The van der Waals surface area contributed by atoms with Gasteiger partial charge in [-0.05, 0) is 18.2 Å². The lowest BCUT2D eigenvalue weighted by Gasteiger charge is -2.17. The van der Waals surface area contributed by atoms with Gasteiger partial charge in [-0.25, -0.2) is 4.98 Å². The van der Waals surface area contributed by atoms with E-state index in [0.717, 1.165) is 6.42 Å². The molecule has 25 heavy (non-hydrogen) atoms. The minimum absolute atomic E-state index is 0.0417. The number of benzene rings is 1. The molecule has 2 heterocycles. The van der Waals surface area contributed by atoms with Gasteiger partial charge in [0.15, 0.2) is 0 Å². The van der Waals surface area contributed by atoms with Crippen molar-refractivity contribution in [1.82, 2.24) is 15.2 Å². The Balaban J connectivity index is 1.47. The molecule has 1 saturated heterocycles. The zero-order valence-electron chi connectivity index (χ0n) is 13.8. The fraction of sp³-hybridized carbons (Fsp3) is 0.353. The van der Waals surface area contributed by atoms with Gasteiger partial charge in [0.25, 0.3) is 11.1 Å². The quantitative estimate of drug-likeness (QED) is 0.845. The number of amides is 2. The Hall–Kier alpha value is -2.61. The maximum atomic E-state index is 12.3. The van der Waals surface area contributed by atoms with Crippen molar-refractivity contribution in [2.24, 2.45) is 0 Å². The predicted octanol–water partition coefficient (Wildman–Crippen LogP) is 1.56. The molecule has 3 rings (SSSR count). The van der Waals surface area contributed by atoms with Gasteiger partial charge in [0.2, 0.25) is 5.91 Å². The van der Waals surface area contributed by atoms with Crippen LogP contribution in [-0.2, 0) is 4.79 Å². The molecule has 8 heteroatoms. The van der Waals surface area contributed by atoms with E-state index in [0.29, 0.717) is 29.6 Å². The average molecular weight is 361 g/mol. The van der Waals surface area contributed by atoms with Crippen LogP contribution < -0.4 is 14.8 Å². The molecule has 0 saturated carbocycles. The van der Waals surface area contributed by atoms with Crippen molar-refractivity contribution in [2.75, 3.05) is 26.7 Å². The molecule has 1 aromatic heterocycles. The molecule has 7 nitrogen and oxygen atoms in total. The Morgan fingerprint density at radius 1 is 1.44 bits per heavy atom. The maximum absolute atomic E-state index is 12.3. The van der Waals surface area contributed by atoms with Crippen LogP contribution in [0.1, 0.15) is 16.8 Å². The van der Waals surface area contributed by atoms with Crippen molar-refractivity contribution >= 4 is 23.2 Å². The first-order valence-corrected chi connectivity index (χ1v) is 8.80. The van der Waals surface area contributed by atoms with E-state index in [2.05, 4.69) is 10.3 Å².